The van der Waals surface area contributed by atoms with Crippen LogP contribution >= 0.6 is 12.2 Å². The number of hydrogen-bond acceptors (Lipinski definition) is 2. The third-order valence-corrected chi connectivity index (χ3v) is 2.62. The Bertz CT molecular complexity index is 667. The molecule has 0 fully saturated rings. The first-order chi connectivity index (χ1) is 9.38. The van der Waals surface area contributed by atoms with E-state index in [-0.39, 0.29) is 10.6 Å². The molecule has 0 aliphatic heterocycles. The minimum Gasteiger partial charge on any atom is -0.448 e. The van der Waals surface area contributed by atoms with Gasteiger partial charge in [-0.3, -0.25) is 0 Å². The molecule has 0 atom stereocenters. The largest absolute Gasteiger partial charge is 0.448 e. The molecule has 0 aromatic heterocycles. The molecular weight excluding hydrogens is 294 g/mol. The topological polar surface area (TPSA) is 35.2 Å². The molecule has 2 rings (SSSR count). The Balaban J connectivity index is 2.41. The number of rotatable bonds is 3. The van der Waals surface area contributed by atoms with Crippen LogP contribution in [0.3, 0.4) is 0 Å². The predicted molar refractivity (Wildman–Crippen MR) is 68.7 cm³/mol. The fraction of sp³-hybridized carbons (Fsp3) is 0. The van der Waals surface area contributed by atoms with E-state index in [2.05, 4.69) is 12.2 Å². The fourth-order valence-corrected chi connectivity index (χ4v) is 1.59. The molecule has 0 radical (unpaired) electrons. The third-order valence-electron chi connectivity index (χ3n) is 2.39. The summed E-state index contributed by atoms with van der Waals surface area (Å²) >= 11 is 4.59. The van der Waals surface area contributed by atoms with Crippen LogP contribution in [-0.4, -0.2) is 4.99 Å². The molecule has 0 amide bonds. The van der Waals surface area contributed by atoms with Gasteiger partial charge in [0.2, 0.25) is 0 Å². The summed E-state index contributed by atoms with van der Waals surface area (Å²) in [6.07, 6.45) is 0. The van der Waals surface area contributed by atoms with Crippen molar-refractivity contribution in [2.75, 3.05) is 0 Å². The molecule has 20 heavy (non-hydrogen) atoms. The molecule has 104 valence electrons. The SMILES string of the molecule is NC(=S)c1cc(F)c(Oc2ccc(F)cc2F)c(F)c1. The van der Waals surface area contributed by atoms with Crippen molar-refractivity contribution >= 4 is 17.2 Å². The Hall–Kier alpha value is -2.15. The maximum absolute atomic E-state index is 13.7. The Kier molecular flexibility index (Phi) is 3.89. The second-order valence-electron chi connectivity index (χ2n) is 3.81. The normalized spacial score (nSPS) is 10.4. The van der Waals surface area contributed by atoms with Crippen molar-refractivity contribution < 1.29 is 22.3 Å². The minimum absolute atomic E-state index is 0.0260. The summed E-state index contributed by atoms with van der Waals surface area (Å²) in [6.45, 7) is 0. The van der Waals surface area contributed by atoms with Crippen LogP contribution in [0.4, 0.5) is 17.6 Å². The standard InChI is InChI=1S/C13H7F4NOS/c14-7-1-2-11(8(15)5-7)19-12-9(16)3-6(13(18)20)4-10(12)17/h1-5H,(H2,18,20). The van der Waals surface area contributed by atoms with Crippen molar-refractivity contribution in [3.05, 3.63) is 59.2 Å². The second-order valence-corrected chi connectivity index (χ2v) is 4.25. The van der Waals surface area contributed by atoms with E-state index in [1.54, 1.807) is 0 Å². The number of ether oxygens (including phenoxy) is 1. The first-order valence-corrected chi connectivity index (χ1v) is 5.71. The van der Waals surface area contributed by atoms with Gasteiger partial charge in [0, 0.05) is 11.6 Å². The van der Waals surface area contributed by atoms with Crippen molar-refractivity contribution in [2.45, 2.75) is 0 Å². The van der Waals surface area contributed by atoms with Gasteiger partial charge in [0.05, 0.1) is 0 Å². The zero-order valence-corrected chi connectivity index (χ0v) is 10.6. The van der Waals surface area contributed by atoms with Crippen LogP contribution in [0, 0.1) is 23.3 Å². The maximum atomic E-state index is 13.7. The Morgan fingerprint density at radius 2 is 1.55 bits per heavy atom. The van der Waals surface area contributed by atoms with Gasteiger partial charge in [0.1, 0.15) is 10.8 Å². The van der Waals surface area contributed by atoms with Gasteiger partial charge in [0.25, 0.3) is 0 Å². The highest BCUT2D eigenvalue weighted by atomic mass is 32.1. The Labute approximate surface area is 116 Å². The van der Waals surface area contributed by atoms with Crippen LogP contribution in [0.2, 0.25) is 0 Å². The molecule has 2 aromatic rings. The summed E-state index contributed by atoms with van der Waals surface area (Å²) in [7, 11) is 0. The van der Waals surface area contributed by atoms with Crippen LogP contribution < -0.4 is 10.5 Å². The van der Waals surface area contributed by atoms with Gasteiger partial charge in [-0.15, -0.1) is 0 Å². The summed E-state index contributed by atoms with van der Waals surface area (Å²) in [6, 6.07) is 4.08. The molecule has 2 aromatic carbocycles. The van der Waals surface area contributed by atoms with Crippen molar-refractivity contribution in [1.29, 1.82) is 0 Å². The minimum atomic E-state index is -1.10. The molecule has 0 heterocycles. The van der Waals surface area contributed by atoms with Crippen LogP contribution in [0.25, 0.3) is 0 Å². The van der Waals surface area contributed by atoms with Crippen molar-refractivity contribution in [2.24, 2.45) is 5.73 Å². The first kappa shape index (κ1) is 14.3. The lowest BCUT2D eigenvalue weighted by atomic mass is 10.2. The molecule has 0 saturated carbocycles. The predicted octanol–water partition coefficient (Wildman–Crippen LogP) is 3.67. The average Bonchev–Trinajstić information content (AvgIpc) is 2.35. The van der Waals surface area contributed by atoms with E-state index in [0.29, 0.717) is 6.07 Å². The zero-order chi connectivity index (χ0) is 14.9. The molecule has 0 unspecified atom stereocenters. The van der Waals surface area contributed by atoms with Gasteiger partial charge in [0.15, 0.2) is 29.0 Å². The van der Waals surface area contributed by atoms with Crippen LogP contribution in [0.1, 0.15) is 5.56 Å². The van der Waals surface area contributed by atoms with E-state index in [4.69, 9.17) is 10.5 Å². The molecule has 7 heteroatoms. The quantitative estimate of drug-likeness (QED) is 0.694. The van der Waals surface area contributed by atoms with Crippen LogP contribution in [0.5, 0.6) is 11.5 Å². The van der Waals surface area contributed by atoms with Crippen molar-refractivity contribution in [3.63, 3.8) is 0 Å². The van der Waals surface area contributed by atoms with Gasteiger partial charge in [-0.05, 0) is 24.3 Å². The van der Waals surface area contributed by atoms with Gasteiger partial charge in [-0.2, -0.15) is 0 Å². The van der Waals surface area contributed by atoms with Crippen LogP contribution in [0.15, 0.2) is 30.3 Å². The number of hydrogen-bond donors (Lipinski definition) is 1. The highest BCUT2D eigenvalue weighted by Gasteiger charge is 2.16. The molecule has 0 spiro atoms. The molecule has 2 nitrogen and oxygen atoms in total. The lowest BCUT2D eigenvalue weighted by Gasteiger charge is -2.10. The van der Waals surface area contributed by atoms with Gasteiger partial charge >= 0.3 is 0 Å². The highest BCUT2D eigenvalue weighted by Crippen LogP contribution is 2.30. The zero-order valence-electron chi connectivity index (χ0n) is 9.79. The molecule has 0 saturated heterocycles. The maximum Gasteiger partial charge on any atom is 0.198 e. The second kappa shape index (κ2) is 5.46. The fourth-order valence-electron chi connectivity index (χ4n) is 1.47. The number of nitrogens with two attached hydrogens (primary N) is 1. The third kappa shape index (κ3) is 2.88. The van der Waals surface area contributed by atoms with E-state index >= 15 is 0 Å². The molecular formula is C13H7F4NOS. The Morgan fingerprint density at radius 3 is 2.05 bits per heavy atom. The lowest BCUT2D eigenvalue weighted by molar-refractivity contribution is 0.385. The van der Waals surface area contributed by atoms with E-state index in [9.17, 15) is 17.6 Å². The highest BCUT2D eigenvalue weighted by molar-refractivity contribution is 7.80. The summed E-state index contributed by atoms with van der Waals surface area (Å²) in [5.41, 5.74) is 5.22. The van der Waals surface area contributed by atoms with Gasteiger partial charge in [-0.1, -0.05) is 12.2 Å². The smallest absolute Gasteiger partial charge is 0.198 e. The van der Waals surface area contributed by atoms with E-state index in [1.165, 1.54) is 0 Å². The van der Waals surface area contributed by atoms with Crippen LogP contribution in [-0.2, 0) is 0 Å². The van der Waals surface area contributed by atoms with E-state index < -0.39 is 34.8 Å². The lowest BCUT2D eigenvalue weighted by Crippen LogP contribution is -2.10. The number of thiocarbonyl (C=S) groups is 1. The Morgan fingerprint density at radius 1 is 0.950 bits per heavy atom. The summed E-state index contributed by atoms with van der Waals surface area (Å²) in [5, 5.41) is 0. The number of halogens is 4. The monoisotopic (exact) mass is 301 g/mol. The molecule has 2 N–H and O–H groups in total. The molecule has 0 aliphatic rings. The van der Waals surface area contributed by atoms with E-state index in [1.807, 2.05) is 0 Å². The van der Waals surface area contributed by atoms with Crippen molar-refractivity contribution in [3.8, 4) is 11.5 Å². The first-order valence-electron chi connectivity index (χ1n) is 5.30. The van der Waals surface area contributed by atoms with Crippen molar-refractivity contribution in [1.82, 2.24) is 0 Å². The summed E-state index contributed by atoms with van der Waals surface area (Å²) < 4.78 is 58.2. The average molecular weight is 301 g/mol. The number of benzene rings is 2. The van der Waals surface area contributed by atoms with E-state index in [0.717, 1.165) is 24.3 Å². The molecule has 0 aliphatic carbocycles. The van der Waals surface area contributed by atoms with Gasteiger partial charge < -0.3 is 10.5 Å². The summed E-state index contributed by atoms with van der Waals surface area (Å²) in [4.78, 5) is -0.192. The molecule has 0 bridgehead atoms. The van der Waals surface area contributed by atoms with Gasteiger partial charge in [-0.25, -0.2) is 17.6 Å². The summed E-state index contributed by atoms with van der Waals surface area (Å²) in [5.74, 6) is -5.45.